The molecule has 2 aromatic carbocycles. The molecule has 0 radical (unpaired) electrons. The van der Waals surface area contributed by atoms with Crippen LogP contribution in [-0.4, -0.2) is 84.2 Å². The van der Waals surface area contributed by atoms with Crippen LogP contribution in [0.4, 0.5) is 0 Å². The number of ether oxygens (including phenoxy) is 2. The second-order valence-electron chi connectivity index (χ2n) is 9.52. The zero-order valence-electron chi connectivity index (χ0n) is 22.3. The van der Waals surface area contributed by atoms with Crippen LogP contribution in [0.2, 0.25) is 0 Å². The molecule has 1 saturated heterocycles. The van der Waals surface area contributed by atoms with E-state index in [0.29, 0.717) is 26.3 Å². The molecule has 0 bridgehead atoms. The number of carbonyl (C=O) groups is 2. The average Bonchev–Trinajstić information content (AvgIpc) is 2.99. The highest BCUT2D eigenvalue weighted by Crippen LogP contribution is 2.18. The SMILES string of the molecule is O=C(/C=C\c1ccnc2ccccc12)OCCN1CCN(CCOC(=O)/C=C\c2ccnc3ccccc23)CC1. The minimum absolute atomic E-state index is 0.344. The van der Waals surface area contributed by atoms with Crippen LogP contribution in [0.1, 0.15) is 11.1 Å². The molecule has 8 nitrogen and oxygen atoms in total. The van der Waals surface area contributed by atoms with Gasteiger partial charge in [0.05, 0.1) is 11.0 Å². The number of benzene rings is 2. The van der Waals surface area contributed by atoms with Crippen molar-refractivity contribution in [2.75, 3.05) is 52.5 Å². The van der Waals surface area contributed by atoms with Crippen LogP contribution in [-0.2, 0) is 19.1 Å². The summed E-state index contributed by atoms with van der Waals surface area (Å²) in [4.78, 5) is 37.6. The standard InChI is InChI=1S/C32H32N4O4/c37-31(11-9-25-13-15-33-29-7-3-1-5-27(25)29)39-23-21-35-17-19-36(20-18-35)22-24-40-32(38)12-10-26-14-16-34-30-8-4-2-6-28(26)30/h1-16H,17-24H2/b11-9-,12-10-. The van der Waals surface area contributed by atoms with Crippen molar-refractivity contribution in [3.63, 3.8) is 0 Å². The van der Waals surface area contributed by atoms with Gasteiger partial charge in [-0.25, -0.2) is 9.59 Å². The van der Waals surface area contributed by atoms with Gasteiger partial charge in [0.25, 0.3) is 0 Å². The van der Waals surface area contributed by atoms with Gasteiger partial charge >= 0.3 is 11.9 Å². The number of esters is 2. The summed E-state index contributed by atoms with van der Waals surface area (Å²) >= 11 is 0. The van der Waals surface area contributed by atoms with Crippen LogP contribution < -0.4 is 0 Å². The third-order valence-electron chi connectivity index (χ3n) is 6.93. The Morgan fingerprint density at radius 2 is 1.07 bits per heavy atom. The lowest BCUT2D eigenvalue weighted by atomic mass is 10.1. The maximum Gasteiger partial charge on any atom is 0.330 e. The van der Waals surface area contributed by atoms with E-state index in [1.807, 2.05) is 60.7 Å². The van der Waals surface area contributed by atoms with Gasteiger partial charge in [-0.1, -0.05) is 36.4 Å². The third-order valence-corrected chi connectivity index (χ3v) is 6.93. The number of rotatable bonds is 10. The highest BCUT2D eigenvalue weighted by Gasteiger charge is 2.17. The quantitative estimate of drug-likeness (QED) is 0.220. The Kier molecular flexibility index (Phi) is 9.24. The number of piperazine rings is 1. The average molecular weight is 537 g/mol. The Hall–Kier alpha value is -4.40. The van der Waals surface area contributed by atoms with Crippen molar-refractivity contribution in [3.05, 3.63) is 96.3 Å². The molecule has 0 saturated carbocycles. The van der Waals surface area contributed by atoms with Gasteiger partial charge < -0.3 is 9.47 Å². The predicted molar refractivity (Wildman–Crippen MR) is 156 cm³/mol. The van der Waals surface area contributed by atoms with Crippen molar-refractivity contribution in [1.82, 2.24) is 19.8 Å². The first kappa shape index (κ1) is 27.2. The van der Waals surface area contributed by atoms with Crippen LogP contribution in [0, 0.1) is 0 Å². The van der Waals surface area contributed by atoms with Crippen LogP contribution in [0.15, 0.2) is 85.2 Å². The van der Waals surface area contributed by atoms with Gasteiger partial charge in [0.2, 0.25) is 0 Å². The van der Waals surface area contributed by atoms with Gasteiger partial charge in [-0.15, -0.1) is 0 Å². The molecule has 0 atom stereocenters. The second kappa shape index (κ2) is 13.6. The van der Waals surface area contributed by atoms with E-state index in [9.17, 15) is 9.59 Å². The van der Waals surface area contributed by atoms with Crippen LogP contribution in [0.3, 0.4) is 0 Å². The molecular weight excluding hydrogens is 504 g/mol. The van der Waals surface area contributed by atoms with Gasteiger partial charge in [-0.05, 0) is 47.5 Å². The molecule has 1 aliphatic heterocycles. The van der Waals surface area contributed by atoms with Crippen LogP contribution in [0.5, 0.6) is 0 Å². The largest absolute Gasteiger partial charge is 0.461 e. The summed E-state index contributed by atoms with van der Waals surface area (Å²) in [6.07, 6.45) is 9.95. The minimum Gasteiger partial charge on any atom is -0.461 e. The summed E-state index contributed by atoms with van der Waals surface area (Å²) in [6.45, 7) is 5.57. The molecule has 3 heterocycles. The molecule has 204 valence electrons. The van der Waals surface area contributed by atoms with E-state index >= 15 is 0 Å². The molecule has 0 unspecified atom stereocenters. The number of hydrogen-bond donors (Lipinski definition) is 0. The summed E-state index contributed by atoms with van der Waals surface area (Å²) in [7, 11) is 0. The van der Waals surface area contributed by atoms with Gasteiger partial charge in [-0.3, -0.25) is 19.8 Å². The van der Waals surface area contributed by atoms with Crippen molar-refractivity contribution in [2.45, 2.75) is 0 Å². The molecule has 1 fully saturated rings. The van der Waals surface area contributed by atoms with E-state index in [0.717, 1.165) is 59.1 Å². The molecule has 4 aromatic rings. The molecule has 8 heteroatoms. The summed E-state index contributed by atoms with van der Waals surface area (Å²) in [5.41, 5.74) is 3.65. The molecular formula is C32H32N4O4. The second-order valence-corrected chi connectivity index (χ2v) is 9.52. The predicted octanol–water partition coefficient (Wildman–Crippen LogP) is 4.21. The molecule has 0 N–H and O–H groups in total. The Morgan fingerprint density at radius 1 is 0.650 bits per heavy atom. The maximum absolute atomic E-state index is 12.2. The summed E-state index contributed by atoms with van der Waals surface area (Å²) < 4.78 is 10.8. The zero-order chi connectivity index (χ0) is 27.6. The van der Waals surface area contributed by atoms with E-state index in [4.69, 9.17) is 9.47 Å². The molecule has 0 amide bonds. The smallest absolute Gasteiger partial charge is 0.330 e. The van der Waals surface area contributed by atoms with Crippen molar-refractivity contribution in [1.29, 1.82) is 0 Å². The minimum atomic E-state index is -0.354. The van der Waals surface area contributed by atoms with Crippen molar-refractivity contribution in [3.8, 4) is 0 Å². The molecule has 2 aromatic heterocycles. The maximum atomic E-state index is 12.2. The van der Waals surface area contributed by atoms with Gasteiger partial charge in [-0.2, -0.15) is 0 Å². The lowest BCUT2D eigenvalue weighted by Crippen LogP contribution is -2.48. The first-order valence-corrected chi connectivity index (χ1v) is 13.5. The Balaban J connectivity index is 0.969. The van der Waals surface area contributed by atoms with E-state index in [-0.39, 0.29) is 11.9 Å². The molecule has 0 spiro atoms. The topological polar surface area (TPSA) is 84.9 Å². The van der Waals surface area contributed by atoms with Gasteiger partial charge in [0.1, 0.15) is 13.2 Å². The molecule has 5 rings (SSSR count). The highest BCUT2D eigenvalue weighted by molar-refractivity contribution is 5.94. The monoisotopic (exact) mass is 536 g/mol. The summed E-state index contributed by atoms with van der Waals surface area (Å²) in [6, 6.07) is 19.4. The lowest BCUT2D eigenvalue weighted by Gasteiger charge is -2.34. The Bertz CT molecular complexity index is 1400. The molecule has 0 aliphatic carbocycles. The Morgan fingerprint density at radius 3 is 1.52 bits per heavy atom. The fraction of sp³-hybridized carbons (Fsp3) is 0.250. The van der Waals surface area contributed by atoms with Crippen LogP contribution in [0.25, 0.3) is 34.0 Å². The Labute approximate surface area is 233 Å². The molecule has 1 aliphatic rings. The summed E-state index contributed by atoms with van der Waals surface area (Å²) in [5.74, 6) is -0.708. The normalized spacial score (nSPS) is 14.8. The zero-order valence-corrected chi connectivity index (χ0v) is 22.3. The number of carbonyl (C=O) groups excluding carboxylic acids is 2. The van der Waals surface area contributed by atoms with Gasteiger partial charge in [0, 0.05) is 74.6 Å². The van der Waals surface area contributed by atoms with Gasteiger partial charge in [0.15, 0.2) is 0 Å². The van der Waals surface area contributed by atoms with Crippen molar-refractivity contribution < 1.29 is 19.1 Å². The number of nitrogens with zero attached hydrogens (tertiary/aromatic N) is 4. The van der Waals surface area contributed by atoms with E-state index in [1.165, 1.54) is 12.2 Å². The summed E-state index contributed by atoms with van der Waals surface area (Å²) in [5, 5.41) is 1.99. The first-order chi connectivity index (χ1) is 19.7. The number of fused-ring (bicyclic) bond motifs is 2. The molecule has 40 heavy (non-hydrogen) atoms. The van der Waals surface area contributed by atoms with Crippen molar-refractivity contribution >= 4 is 45.9 Å². The number of aromatic nitrogens is 2. The number of para-hydroxylation sites is 2. The fourth-order valence-electron chi connectivity index (χ4n) is 4.73. The van der Waals surface area contributed by atoms with E-state index in [2.05, 4.69) is 19.8 Å². The highest BCUT2D eigenvalue weighted by atomic mass is 16.5. The lowest BCUT2D eigenvalue weighted by molar-refractivity contribution is -0.139. The fourth-order valence-corrected chi connectivity index (χ4v) is 4.73. The van der Waals surface area contributed by atoms with Crippen LogP contribution >= 0.6 is 0 Å². The number of pyridine rings is 2. The number of hydrogen-bond acceptors (Lipinski definition) is 8. The third kappa shape index (κ3) is 7.37. The van der Waals surface area contributed by atoms with E-state index < -0.39 is 0 Å². The van der Waals surface area contributed by atoms with E-state index in [1.54, 1.807) is 24.5 Å². The van der Waals surface area contributed by atoms with Crippen molar-refractivity contribution in [2.24, 2.45) is 0 Å². The first-order valence-electron chi connectivity index (χ1n) is 13.5.